The van der Waals surface area contributed by atoms with Crippen molar-refractivity contribution >= 4 is 12.4 Å². The van der Waals surface area contributed by atoms with Gasteiger partial charge in [-0.2, -0.15) is 0 Å². The second-order valence-electron chi connectivity index (χ2n) is 4.85. The summed E-state index contributed by atoms with van der Waals surface area (Å²) in [7, 11) is 0. The van der Waals surface area contributed by atoms with E-state index in [1.807, 2.05) is 0 Å². The molecule has 2 aliphatic carbocycles. The van der Waals surface area contributed by atoms with E-state index in [2.05, 4.69) is 63.3 Å². The Labute approximate surface area is 147 Å². The van der Waals surface area contributed by atoms with Crippen molar-refractivity contribution in [2.45, 2.75) is 19.7 Å². The molecule has 0 aromatic carbocycles. The molecule has 0 aromatic heterocycles. The van der Waals surface area contributed by atoms with Crippen LogP contribution in [0.2, 0.25) is 5.82 Å². The van der Waals surface area contributed by atoms with Gasteiger partial charge in [-0.25, -0.2) is 0 Å². The Kier molecular flexibility index (Phi) is 7.81. The van der Waals surface area contributed by atoms with Crippen molar-refractivity contribution < 1.29 is 51.0 Å². The van der Waals surface area contributed by atoms with Gasteiger partial charge in [-0.3, -0.25) is 0 Å². The van der Waals surface area contributed by atoms with Crippen molar-refractivity contribution in [1.82, 2.24) is 0 Å². The van der Waals surface area contributed by atoms with Crippen LogP contribution < -0.4 is 24.8 Å². The quantitative estimate of drug-likeness (QED) is 0.441. The summed E-state index contributed by atoms with van der Waals surface area (Å²) >= 11 is 0. The van der Waals surface area contributed by atoms with Crippen LogP contribution in [0, 0.1) is 5.92 Å². The molecule has 0 spiro atoms. The largest absolute Gasteiger partial charge is 2.00 e. The number of rotatable bonds is 1. The monoisotopic (exact) mass is 366 g/mol. The van der Waals surface area contributed by atoms with Crippen LogP contribution in [0.3, 0.4) is 0 Å². The first kappa shape index (κ1) is 19.1. The van der Waals surface area contributed by atoms with E-state index in [1.165, 1.54) is 22.2 Å². The molecular formula is C15H15BCl2Zr. The minimum Gasteiger partial charge on any atom is -1.00 e. The first-order valence-corrected chi connectivity index (χ1v) is 5.90. The smallest absolute Gasteiger partial charge is 1.00 e. The molecule has 0 nitrogen and oxygen atoms in total. The molecule has 0 fully saturated rings. The summed E-state index contributed by atoms with van der Waals surface area (Å²) < 4.78 is 0. The second kappa shape index (κ2) is 7.77. The van der Waals surface area contributed by atoms with Crippen molar-refractivity contribution in [1.29, 1.82) is 0 Å². The number of fused-ring (bicyclic) bond motifs is 1. The average molecular weight is 368 g/mol. The summed E-state index contributed by atoms with van der Waals surface area (Å²) in [4.78, 5) is 0. The Balaban J connectivity index is 0.00000108. The van der Waals surface area contributed by atoms with Gasteiger partial charge >= 0.3 is 123 Å². The maximum absolute atomic E-state index is 2.42. The second-order valence-corrected chi connectivity index (χ2v) is 4.85. The zero-order valence-electron chi connectivity index (χ0n) is 11.0. The Bertz CT molecular complexity index is 508. The van der Waals surface area contributed by atoms with Crippen molar-refractivity contribution in [2.24, 2.45) is 5.92 Å². The van der Waals surface area contributed by atoms with Gasteiger partial charge in [0.1, 0.15) is 0 Å². The molecule has 4 heteroatoms. The topological polar surface area (TPSA) is 0 Å². The maximum atomic E-state index is 2.42. The summed E-state index contributed by atoms with van der Waals surface area (Å²) in [5, 5.41) is 0. The number of hydrogen-bond donors (Lipinski definition) is 0. The van der Waals surface area contributed by atoms with E-state index in [0.717, 1.165) is 0 Å². The Morgan fingerprint density at radius 2 is 1.68 bits per heavy atom. The normalized spacial score (nSPS) is 21.8. The van der Waals surface area contributed by atoms with Crippen LogP contribution in [0.5, 0.6) is 0 Å². The molecule has 0 N–H and O–H groups in total. The molecular weight excluding hydrogens is 353 g/mol. The molecule has 3 aliphatic rings. The first-order valence-electron chi connectivity index (χ1n) is 5.90. The maximum Gasteiger partial charge on any atom is 2.00 e. The summed E-state index contributed by atoms with van der Waals surface area (Å²) in [6.07, 6.45) is 15.5. The summed E-state index contributed by atoms with van der Waals surface area (Å²) in [6.45, 7) is 6.86. The molecule has 1 aliphatic heterocycles. The van der Waals surface area contributed by atoms with Gasteiger partial charge in [-0.15, -0.1) is 0 Å². The van der Waals surface area contributed by atoms with Crippen molar-refractivity contribution in [3.05, 3.63) is 59.3 Å². The van der Waals surface area contributed by atoms with Crippen LogP contribution in [0.1, 0.15) is 13.8 Å². The van der Waals surface area contributed by atoms with Gasteiger partial charge in [-0.1, -0.05) is 0 Å². The van der Waals surface area contributed by atoms with E-state index >= 15 is 0 Å². The van der Waals surface area contributed by atoms with Crippen LogP contribution in [-0.4, -0.2) is 12.4 Å². The molecule has 1 unspecified atom stereocenters. The fraction of sp³-hybridized carbons (Fsp3) is 0.267. The Hall–Kier alpha value is 0.0981. The van der Waals surface area contributed by atoms with Crippen LogP contribution >= 0.6 is 0 Å². The molecule has 0 bridgehead atoms. The summed E-state index contributed by atoms with van der Waals surface area (Å²) in [5.41, 5.74) is 5.83. The molecule has 96 valence electrons. The van der Waals surface area contributed by atoms with Gasteiger partial charge in [-0.05, 0) is 0 Å². The minimum absolute atomic E-state index is 0. The third kappa shape index (κ3) is 3.41. The van der Waals surface area contributed by atoms with Crippen LogP contribution in [0.4, 0.5) is 0 Å². The van der Waals surface area contributed by atoms with Crippen LogP contribution in [0.15, 0.2) is 59.3 Å². The SMILES string of the molecule is CC(C)=C1C2=CC=CC2=BC1C1C=CC=C1.[Cl-].[Cl-].[Zr+2]. The molecule has 0 amide bonds. The molecule has 0 saturated carbocycles. The van der Waals surface area contributed by atoms with Crippen LogP contribution in [-0.2, 0) is 26.2 Å². The summed E-state index contributed by atoms with van der Waals surface area (Å²) in [6, 6.07) is 0. The zero-order valence-corrected chi connectivity index (χ0v) is 15.0. The molecule has 3 rings (SSSR count). The predicted molar refractivity (Wildman–Crippen MR) is 71.9 cm³/mol. The van der Waals surface area contributed by atoms with Gasteiger partial charge in [0.2, 0.25) is 0 Å². The van der Waals surface area contributed by atoms with E-state index in [4.69, 9.17) is 0 Å². The van der Waals surface area contributed by atoms with Gasteiger partial charge in [0.05, 0.1) is 0 Å². The standard InChI is InChI=1S/C15H15B.2ClH.Zr/c1-10(2)14-12-8-5-9-13(12)16-15(14)11-6-3-4-7-11;;;/h3-9,11,15H,1-2H3;2*1H;/q;;;+2/p-2. The molecule has 0 radical (unpaired) electrons. The van der Waals surface area contributed by atoms with E-state index in [-0.39, 0.29) is 51.0 Å². The molecule has 0 aromatic rings. The molecule has 1 heterocycles. The van der Waals surface area contributed by atoms with Gasteiger partial charge < -0.3 is 24.8 Å². The molecule has 0 saturated heterocycles. The van der Waals surface area contributed by atoms with E-state index in [0.29, 0.717) is 11.7 Å². The van der Waals surface area contributed by atoms with Crippen LogP contribution in [0.25, 0.3) is 0 Å². The number of halogens is 2. The van der Waals surface area contributed by atoms with Crippen molar-refractivity contribution in [3.63, 3.8) is 0 Å². The van der Waals surface area contributed by atoms with E-state index in [9.17, 15) is 0 Å². The van der Waals surface area contributed by atoms with Crippen molar-refractivity contribution in [3.8, 4) is 0 Å². The fourth-order valence-electron chi connectivity index (χ4n) is 2.88. The fourth-order valence-corrected chi connectivity index (χ4v) is 2.88. The third-order valence-electron chi connectivity index (χ3n) is 3.56. The van der Waals surface area contributed by atoms with Gasteiger partial charge in [0.25, 0.3) is 0 Å². The Morgan fingerprint density at radius 1 is 1.05 bits per heavy atom. The molecule has 19 heavy (non-hydrogen) atoms. The van der Waals surface area contributed by atoms with Crippen molar-refractivity contribution in [2.75, 3.05) is 0 Å². The minimum atomic E-state index is 0. The summed E-state index contributed by atoms with van der Waals surface area (Å²) in [5.74, 6) is 1.10. The van der Waals surface area contributed by atoms with E-state index < -0.39 is 0 Å². The Morgan fingerprint density at radius 3 is 2.26 bits per heavy atom. The third-order valence-corrected chi connectivity index (χ3v) is 3.56. The average Bonchev–Trinajstić information content (AvgIpc) is 2.92. The molecule has 1 atom stereocenters. The van der Waals surface area contributed by atoms with Gasteiger partial charge in [0, 0.05) is 0 Å². The number of allylic oxidation sites excluding steroid dienone is 10. The zero-order chi connectivity index (χ0) is 11.1. The predicted octanol–water partition coefficient (Wildman–Crippen LogP) is -2.75. The first-order chi connectivity index (χ1) is 7.77. The van der Waals surface area contributed by atoms with Gasteiger partial charge in [0.15, 0.2) is 0 Å². The van der Waals surface area contributed by atoms with E-state index in [1.54, 1.807) is 0 Å². The number of hydrogen-bond acceptors (Lipinski definition) is 0.